The Labute approximate surface area is 299 Å². The van der Waals surface area contributed by atoms with Crippen LogP contribution in [0.2, 0.25) is 0 Å². The molecule has 0 saturated heterocycles. The van der Waals surface area contributed by atoms with E-state index in [1.54, 1.807) is 11.3 Å². The van der Waals surface area contributed by atoms with E-state index in [-0.39, 0.29) is 0 Å². The summed E-state index contributed by atoms with van der Waals surface area (Å²) in [7, 11) is 0. The molecule has 2 heterocycles. The molecule has 0 amide bonds. The largest absolute Gasteiger partial charge is 0.208 e. The summed E-state index contributed by atoms with van der Waals surface area (Å²) in [6.45, 7) is 0. The summed E-state index contributed by atoms with van der Waals surface area (Å²) in [5, 5.41) is 7.24. The van der Waals surface area contributed by atoms with Gasteiger partial charge in [0.15, 0.2) is 17.5 Å². The van der Waals surface area contributed by atoms with Gasteiger partial charge in [-0.25, -0.2) is 15.0 Å². The van der Waals surface area contributed by atoms with Crippen molar-refractivity contribution < 1.29 is 0 Å². The second kappa shape index (κ2) is 12.1. The molecule has 0 aliphatic heterocycles. The van der Waals surface area contributed by atoms with Gasteiger partial charge in [0, 0.05) is 36.9 Å². The molecule has 0 aliphatic carbocycles. The maximum Gasteiger partial charge on any atom is 0.165 e. The predicted octanol–water partition coefficient (Wildman–Crippen LogP) is 12.9. The lowest BCUT2D eigenvalue weighted by Crippen LogP contribution is -2.02. The first-order valence-electron chi connectivity index (χ1n) is 17.1. The zero-order chi connectivity index (χ0) is 33.7. The van der Waals surface area contributed by atoms with Gasteiger partial charge in [-0.3, -0.25) is 0 Å². The number of fused-ring (bicyclic) bond motifs is 5. The van der Waals surface area contributed by atoms with E-state index in [2.05, 4.69) is 176 Å². The van der Waals surface area contributed by atoms with E-state index >= 15 is 0 Å². The SMILES string of the molecule is c1ccc(-c2cccc3ccccc23)c(-c2nc(-c3ccccc3-c3cccc4ccccc34)nc(-c3cccc4c3sc3ccccc34)n2)c1. The molecule has 3 nitrogen and oxygen atoms in total. The van der Waals surface area contributed by atoms with Crippen LogP contribution in [0, 0.1) is 0 Å². The Morgan fingerprint density at radius 3 is 1.24 bits per heavy atom. The van der Waals surface area contributed by atoms with E-state index in [0.29, 0.717) is 17.5 Å². The van der Waals surface area contributed by atoms with Crippen molar-refractivity contribution >= 4 is 53.1 Å². The third-order valence-electron chi connectivity index (χ3n) is 9.78. The average Bonchev–Trinajstić information content (AvgIpc) is 3.59. The molecule has 0 N–H and O–H groups in total. The van der Waals surface area contributed by atoms with Gasteiger partial charge in [-0.05, 0) is 55.9 Å². The Kier molecular flexibility index (Phi) is 7.00. The van der Waals surface area contributed by atoms with Gasteiger partial charge in [0.1, 0.15) is 0 Å². The first-order valence-corrected chi connectivity index (χ1v) is 17.9. The first kappa shape index (κ1) is 29.4. The maximum atomic E-state index is 5.34. The van der Waals surface area contributed by atoms with Gasteiger partial charge < -0.3 is 0 Å². The van der Waals surface area contributed by atoms with Gasteiger partial charge >= 0.3 is 0 Å². The standard InChI is InChI=1S/C47H29N3S/c1-3-18-32-30(14-1)16-11-25-34(32)36-20-5-7-23-40(36)45-48-46(41-24-8-6-21-37(41)35-26-12-17-31-15-2-4-19-33(31)35)50-47(49-45)42-28-13-27-39-38-22-9-10-29-43(38)51-44(39)42/h1-29H. The van der Waals surface area contributed by atoms with Crippen molar-refractivity contribution in [3.05, 3.63) is 176 Å². The van der Waals surface area contributed by atoms with Gasteiger partial charge in [-0.15, -0.1) is 11.3 Å². The minimum absolute atomic E-state index is 0.643. The molecule has 0 unspecified atom stereocenters. The summed E-state index contributed by atoms with van der Waals surface area (Å²) in [6.07, 6.45) is 0. The van der Waals surface area contributed by atoms with Crippen molar-refractivity contribution in [2.24, 2.45) is 0 Å². The molecule has 4 heteroatoms. The van der Waals surface area contributed by atoms with Crippen LogP contribution in [0.3, 0.4) is 0 Å². The van der Waals surface area contributed by atoms with Gasteiger partial charge in [-0.2, -0.15) is 0 Å². The quantitative estimate of drug-likeness (QED) is 0.183. The third-order valence-corrected chi connectivity index (χ3v) is 11.0. The molecule has 0 aliphatic rings. The summed E-state index contributed by atoms with van der Waals surface area (Å²) in [5.41, 5.74) is 7.39. The van der Waals surface area contributed by atoms with E-state index in [9.17, 15) is 0 Å². The van der Waals surface area contributed by atoms with Gasteiger partial charge in [0.25, 0.3) is 0 Å². The Balaban J connectivity index is 1.26. The van der Waals surface area contributed by atoms with Crippen molar-refractivity contribution in [2.45, 2.75) is 0 Å². The number of aromatic nitrogens is 3. The molecule has 0 atom stereocenters. The molecular formula is C47H29N3S. The Morgan fingerprint density at radius 2 is 0.647 bits per heavy atom. The fraction of sp³-hybridized carbons (Fsp3) is 0. The summed E-state index contributed by atoms with van der Waals surface area (Å²) in [5.74, 6) is 1.95. The first-order chi connectivity index (χ1) is 25.3. The number of hydrogen-bond acceptors (Lipinski definition) is 4. The van der Waals surface area contributed by atoms with Crippen LogP contribution in [0.1, 0.15) is 0 Å². The van der Waals surface area contributed by atoms with Crippen LogP contribution in [0.15, 0.2) is 176 Å². The topological polar surface area (TPSA) is 38.7 Å². The summed E-state index contributed by atoms with van der Waals surface area (Å²) >= 11 is 1.79. The Morgan fingerprint density at radius 1 is 0.275 bits per heavy atom. The van der Waals surface area contributed by atoms with Crippen LogP contribution in [0.25, 0.3) is 98.1 Å². The number of rotatable bonds is 5. The Hall–Kier alpha value is -6.49. The zero-order valence-corrected chi connectivity index (χ0v) is 28.3. The average molecular weight is 668 g/mol. The number of nitrogens with zero attached hydrogens (tertiary/aromatic N) is 3. The minimum Gasteiger partial charge on any atom is -0.208 e. The monoisotopic (exact) mass is 667 g/mol. The highest BCUT2D eigenvalue weighted by molar-refractivity contribution is 7.26. The predicted molar refractivity (Wildman–Crippen MR) is 215 cm³/mol. The van der Waals surface area contributed by atoms with Crippen LogP contribution in [-0.4, -0.2) is 15.0 Å². The minimum atomic E-state index is 0.643. The summed E-state index contributed by atoms with van der Waals surface area (Å²) in [6, 6.07) is 62.1. The van der Waals surface area contributed by atoms with Gasteiger partial charge in [0.2, 0.25) is 0 Å². The van der Waals surface area contributed by atoms with Crippen LogP contribution >= 0.6 is 11.3 Å². The molecule has 10 aromatic rings. The molecule has 0 fully saturated rings. The third kappa shape index (κ3) is 5.00. The molecule has 8 aromatic carbocycles. The molecule has 0 spiro atoms. The van der Waals surface area contributed by atoms with Crippen LogP contribution in [0.5, 0.6) is 0 Å². The van der Waals surface area contributed by atoms with Crippen LogP contribution in [0.4, 0.5) is 0 Å². The van der Waals surface area contributed by atoms with Crippen molar-refractivity contribution in [1.82, 2.24) is 15.0 Å². The van der Waals surface area contributed by atoms with Crippen LogP contribution in [-0.2, 0) is 0 Å². The fourth-order valence-corrected chi connectivity index (χ4v) is 8.62. The van der Waals surface area contributed by atoms with E-state index < -0.39 is 0 Å². The normalized spacial score (nSPS) is 11.5. The van der Waals surface area contributed by atoms with Crippen molar-refractivity contribution in [2.75, 3.05) is 0 Å². The van der Waals surface area contributed by atoms with Gasteiger partial charge in [-0.1, -0.05) is 164 Å². The molecule has 10 rings (SSSR count). The highest BCUT2D eigenvalue weighted by Gasteiger charge is 2.20. The maximum absolute atomic E-state index is 5.34. The van der Waals surface area contributed by atoms with Crippen molar-refractivity contribution in [3.8, 4) is 56.4 Å². The smallest absolute Gasteiger partial charge is 0.165 e. The molecule has 238 valence electrons. The highest BCUT2D eigenvalue weighted by Crippen LogP contribution is 2.42. The lowest BCUT2D eigenvalue weighted by Gasteiger charge is -2.15. The van der Waals surface area contributed by atoms with E-state index in [1.165, 1.54) is 41.7 Å². The highest BCUT2D eigenvalue weighted by atomic mass is 32.1. The summed E-state index contributed by atoms with van der Waals surface area (Å²) in [4.78, 5) is 16.0. The number of hydrogen-bond donors (Lipinski definition) is 0. The molecule has 2 aromatic heterocycles. The molecule has 51 heavy (non-hydrogen) atoms. The number of benzene rings is 8. The lowest BCUT2D eigenvalue weighted by molar-refractivity contribution is 1.08. The van der Waals surface area contributed by atoms with E-state index in [0.717, 1.165) is 38.9 Å². The lowest BCUT2D eigenvalue weighted by atomic mass is 9.93. The fourth-order valence-electron chi connectivity index (χ4n) is 7.41. The van der Waals surface area contributed by atoms with Crippen molar-refractivity contribution in [1.29, 1.82) is 0 Å². The molecule has 0 saturated carbocycles. The molecular weight excluding hydrogens is 639 g/mol. The summed E-state index contributed by atoms with van der Waals surface area (Å²) < 4.78 is 2.42. The molecule has 0 bridgehead atoms. The Bertz CT molecular complexity index is 2790. The van der Waals surface area contributed by atoms with Gasteiger partial charge in [0.05, 0.1) is 0 Å². The molecule has 0 radical (unpaired) electrons. The van der Waals surface area contributed by atoms with Crippen molar-refractivity contribution in [3.63, 3.8) is 0 Å². The van der Waals surface area contributed by atoms with E-state index in [4.69, 9.17) is 15.0 Å². The zero-order valence-electron chi connectivity index (χ0n) is 27.5. The van der Waals surface area contributed by atoms with E-state index in [1.807, 2.05) is 0 Å². The number of thiophene rings is 1. The second-order valence-electron chi connectivity index (χ2n) is 12.7. The second-order valence-corrected chi connectivity index (χ2v) is 13.8. The van der Waals surface area contributed by atoms with Crippen LogP contribution < -0.4 is 0 Å².